The largest absolute Gasteiger partial charge is 0.389 e. The van der Waals surface area contributed by atoms with E-state index in [9.17, 15) is 5.11 Å². The Morgan fingerprint density at radius 3 is 2.75 bits per heavy atom. The van der Waals surface area contributed by atoms with Crippen molar-refractivity contribution < 1.29 is 5.11 Å². The lowest BCUT2D eigenvalue weighted by molar-refractivity contribution is 0.199. The van der Waals surface area contributed by atoms with Crippen LogP contribution in [0.3, 0.4) is 0 Å². The molecule has 0 amide bonds. The van der Waals surface area contributed by atoms with Gasteiger partial charge in [-0.3, -0.25) is 4.68 Å². The summed E-state index contributed by atoms with van der Waals surface area (Å²) in [6.07, 6.45) is 4.13. The van der Waals surface area contributed by atoms with Gasteiger partial charge in [0.25, 0.3) is 0 Å². The molecule has 2 aromatic rings. The van der Waals surface area contributed by atoms with Crippen molar-refractivity contribution in [1.29, 1.82) is 0 Å². The normalized spacial score (nSPS) is 12.8. The molecular weight excluding hydrogens is 228 g/mol. The van der Waals surface area contributed by atoms with Crippen molar-refractivity contribution in [2.45, 2.75) is 13.0 Å². The Morgan fingerprint density at radius 1 is 1.44 bits per heavy atom. The van der Waals surface area contributed by atoms with Gasteiger partial charge in [0.2, 0.25) is 0 Å². The second-order valence-corrected chi connectivity index (χ2v) is 3.86. The van der Waals surface area contributed by atoms with E-state index in [0.717, 1.165) is 5.56 Å². The van der Waals surface area contributed by atoms with E-state index in [1.165, 1.54) is 6.33 Å². The van der Waals surface area contributed by atoms with E-state index in [4.69, 9.17) is 11.6 Å². The molecule has 0 bridgehead atoms. The summed E-state index contributed by atoms with van der Waals surface area (Å²) in [5.41, 5.74) is 1.95. The highest BCUT2D eigenvalue weighted by Crippen LogP contribution is 2.29. The van der Waals surface area contributed by atoms with Gasteiger partial charge in [-0.15, -0.1) is 0 Å². The van der Waals surface area contributed by atoms with Crippen molar-refractivity contribution >= 4 is 11.6 Å². The fourth-order valence-electron chi connectivity index (χ4n) is 1.52. The molecular formula is C10H11ClN4O. The van der Waals surface area contributed by atoms with Crippen LogP contribution in [-0.4, -0.2) is 24.9 Å². The molecule has 0 fully saturated rings. The molecule has 2 heterocycles. The predicted octanol–water partition coefficient (Wildman–Crippen LogP) is 1.58. The second kappa shape index (κ2) is 4.19. The van der Waals surface area contributed by atoms with Crippen LogP contribution in [-0.2, 0) is 7.05 Å². The molecule has 0 aliphatic heterocycles. The molecule has 5 nitrogen and oxygen atoms in total. The number of hydrogen-bond acceptors (Lipinski definition) is 4. The molecule has 1 atom stereocenters. The van der Waals surface area contributed by atoms with E-state index in [1.807, 2.05) is 13.2 Å². The van der Waals surface area contributed by atoms with Gasteiger partial charge in [0.15, 0.2) is 0 Å². The minimum Gasteiger partial charge on any atom is -0.389 e. The van der Waals surface area contributed by atoms with Crippen LogP contribution in [0.5, 0.6) is 0 Å². The van der Waals surface area contributed by atoms with Crippen LogP contribution in [0.4, 0.5) is 0 Å². The number of hydrogen-bond donors (Lipinski definition) is 1. The standard InChI is InChI=1S/C10H11ClN4O/c1-6(16)8-9(12-5-13-10(8)11)7-3-14-15(2)4-7/h3-6,16H,1-2H3. The van der Waals surface area contributed by atoms with E-state index in [1.54, 1.807) is 17.8 Å². The quantitative estimate of drug-likeness (QED) is 0.807. The van der Waals surface area contributed by atoms with Crippen LogP contribution in [0.2, 0.25) is 5.15 Å². The van der Waals surface area contributed by atoms with Gasteiger partial charge in [-0.25, -0.2) is 9.97 Å². The first-order valence-corrected chi connectivity index (χ1v) is 5.15. The number of nitrogens with zero attached hydrogens (tertiary/aromatic N) is 4. The lowest BCUT2D eigenvalue weighted by Gasteiger charge is -2.10. The molecule has 1 unspecified atom stereocenters. The van der Waals surface area contributed by atoms with Crippen molar-refractivity contribution in [2.24, 2.45) is 7.05 Å². The average Bonchev–Trinajstić information content (AvgIpc) is 2.63. The third-order valence-corrected chi connectivity index (χ3v) is 2.53. The molecule has 0 radical (unpaired) electrons. The molecule has 0 saturated carbocycles. The third kappa shape index (κ3) is 1.91. The van der Waals surface area contributed by atoms with Crippen LogP contribution in [0.1, 0.15) is 18.6 Å². The summed E-state index contributed by atoms with van der Waals surface area (Å²) in [6.45, 7) is 1.63. The smallest absolute Gasteiger partial charge is 0.138 e. The Labute approximate surface area is 97.7 Å². The molecule has 84 valence electrons. The van der Waals surface area contributed by atoms with E-state index >= 15 is 0 Å². The van der Waals surface area contributed by atoms with Gasteiger partial charge >= 0.3 is 0 Å². The minimum atomic E-state index is -0.719. The van der Waals surface area contributed by atoms with Crippen molar-refractivity contribution in [3.63, 3.8) is 0 Å². The highest BCUT2D eigenvalue weighted by molar-refractivity contribution is 6.30. The van der Waals surface area contributed by atoms with E-state index in [-0.39, 0.29) is 5.15 Å². The zero-order valence-electron chi connectivity index (χ0n) is 8.92. The second-order valence-electron chi connectivity index (χ2n) is 3.51. The fourth-order valence-corrected chi connectivity index (χ4v) is 1.81. The Hall–Kier alpha value is -1.46. The Balaban J connectivity index is 2.60. The SMILES string of the molecule is CC(O)c1c(Cl)ncnc1-c1cnn(C)c1. The monoisotopic (exact) mass is 238 g/mol. The van der Waals surface area contributed by atoms with Gasteiger partial charge in [-0.05, 0) is 6.92 Å². The molecule has 1 N–H and O–H groups in total. The summed E-state index contributed by atoms with van der Waals surface area (Å²) < 4.78 is 1.66. The maximum absolute atomic E-state index is 9.66. The summed E-state index contributed by atoms with van der Waals surface area (Å²) in [4.78, 5) is 8.00. The van der Waals surface area contributed by atoms with Gasteiger partial charge < -0.3 is 5.11 Å². The maximum Gasteiger partial charge on any atom is 0.138 e. The minimum absolute atomic E-state index is 0.267. The Morgan fingerprint density at radius 2 is 2.19 bits per heavy atom. The number of halogens is 1. The summed E-state index contributed by atoms with van der Waals surface area (Å²) in [5, 5.41) is 14.0. The van der Waals surface area contributed by atoms with E-state index in [2.05, 4.69) is 15.1 Å². The van der Waals surface area contributed by atoms with Crippen LogP contribution >= 0.6 is 11.6 Å². The molecule has 0 spiro atoms. The van der Waals surface area contributed by atoms with Crippen molar-refractivity contribution in [2.75, 3.05) is 0 Å². The van der Waals surface area contributed by atoms with Gasteiger partial charge in [0, 0.05) is 24.4 Å². The zero-order valence-corrected chi connectivity index (χ0v) is 9.68. The van der Waals surface area contributed by atoms with Gasteiger partial charge in [0.05, 0.1) is 18.0 Å². The maximum atomic E-state index is 9.66. The summed E-state index contributed by atoms with van der Waals surface area (Å²) in [6, 6.07) is 0. The van der Waals surface area contributed by atoms with Crippen molar-refractivity contribution in [3.05, 3.63) is 29.4 Å². The Kier molecular flexibility index (Phi) is 2.89. The first-order chi connectivity index (χ1) is 7.59. The third-order valence-electron chi connectivity index (χ3n) is 2.23. The van der Waals surface area contributed by atoms with Crippen LogP contribution < -0.4 is 0 Å². The molecule has 0 saturated heterocycles. The van der Waals surface area contributed by atoms with Gasteiger partial charge in [-0.1, -0.05) is 11.6 Å². The molecule has 2 rings (SSSR count). The topological polar surface area (TPSA) is 63.8 Å². The van der Waals surface area contributed by atoms with Gasteiger partial charge in [-0.2, -0.15) is 5.10 Å². The van der Waals surface area contributed by atoms with Crippen LogP contribution in [0, 0.1) is 0 Å². The number of aromatic nitrogens is 4. The van der Waals surface area contributed by atoms with Crippen molar-refractivity contribution in [1.82, 2.24) is 19.7 Å². The average molecular weight is 239 g/mol. The number of aryl methyl sites for hydroxylation is 1. The number of aliphatic hydroxyl groups excluding tert-OH is 1. The summed E-state index contributed by atoms with van der Waals surface area (Å²) >= 11 is 5.94. The summed E-state index contributed by atoms with van der Waals surface area (Å²) in [7, 11) is 1.81. The molecule has 0 aromatic carbocycles. The fraction of sp³-hybridized carbons (Fsp3) is 0.300. The van der Waals surface area contributed by atoms with E-state index < -0.39 is 6.10 Å². The van der Waals surface area contributed by atoms with Crippen LogP contribution in [0.25, 0.3) is 11.3 Å². The lowest BCUT2D eigenvalue weighted by atomic mass is 10.1. The first-order valence-electron chi connectivity index (χ1n) is 4.77. The lowest BCUT2D eigenvalue weighted by Crippen LogP contribution is -2.00. The molecule has 0 aliphatic carbocycles. The Bertz CT molecular complexity index is 509. The van der Waals surface area contributed by atoms with Crippen LogP contribution in [0.15, 0.2) is 18.7 Å². The molecule has 16 heavy (non-hydrogen) atoms. The highest BCUT2D eigenvalue weighted by atomic mass is 35.5. The predicted molar refractivity (Wildman–Crippen MR) is 59.9 cm³/mol. The molecule has 0 aliphatic rings. The van der Waals surface area contributed by atoms with E-state index in [0.29, 0.717) is 11.3 Å². The number of aliphatic hydroxyl groups is 1. The van der Waals surface area contributed by atoms with Crippen molar-refractivity contribution in [3.8, 4) is 11.3 Å². The zero-order chi connectivity index (χ0) is 11.7. The highest BCUT2D eigenvalue weighted by Gasteiger charge is 2.16. The van der Waals surface area contributed by atoms with Gasteiger partial charge in [0.1, 0.15) is 11.5 Å². The molecule has 6 heteroatoms. The summed E-state index contributed by atoms with van der Waals surface area (Å²) in [5.74, 6) is 0. The number of rotatable bonds is 2. The first kappa shape index (κ1) is 11.0. The molecule has 2 aromatic heterocycles.